The van der Waals surface area contributed by atoms with Crippen molar-refractivity contribution in [2.75, 3.05) is 5.32 Å². The van der Waals surface area contributed by atoms with Crippen LogP contribution in [0.5, 0.6) is 0 Å². The van der Waals surface area contributed by atoms with Crippen LogP contribution in [0.2, 0.25) is 0 Å². The van der Waals surface area contributed by atoms with E-state index in [0.717, 1.165) is 56.3 Å². The Morgan fingerprint density at radius 3 is 2.24 bits per heavy atom. The largest absolute Gasteiger partial charge is 0.355 e. The van der Waals surface area contributed by atoms with Crippen LogP contribution in [0.4, 0.5) is 11.4 Å². The second kappa shape index (κ2) is 8.27. The van der Waals surface area contributed by atoms with Crippen molar-refractivity contribution in [2.45, 2.75) is 20.3 Å². The molecule has 0 bridgehead atoms. The summed E-state index contributed by atoms with van der Waals surface area (Å²) in [4.78, 5) is 5.16. The van der Waals surface area contributed by atoms with Gasteiger partial charge in [-0.1, -0.05) is 67.6 Å². The number of rotatable bonds is 4. The van der Waals surface area contributed by atoms with Gasteiger partial charge in [-0.2, -0.15) is 0 Å². The van der Waals surface area contributed by atoms with Crippen LogP contribution in [0, 0.1) is 6.92 Å². The zero-order valence-corrected chi connectivity index (χ0v) is 19.4. The zero-order valence-electron chi connectivity index (χ0n) is 19.4. The number of benzene rings is 5. The van der Waals surface area contributed by atoms with Gasteiger partial charge < -0.3 is 5.32 Å². The fourth-order valence-corrected chi connectivity index (χ4v) is 4.73. The van der Waals surface area contributed by atoms with Crippen molar-refractivity contribution in [1.29, 1.82) is 0 Å². The standard InChI is InChI=1S/C31H25N3/c1-3-22-14-16-23(17-15-22)32-28-20-30-31(26-12-8-7-11-25(26)28)33-27-18-13-21(2)19-29(27)34(30)24-9-5-4-6-10-24/h4-20H,3H2,1-2H3/p+1. The smallest absolute Gasteiger partial charge is 0.240 e. The Kier molecular flexibility index (Phi) is 4.96. The SMILES string of the molecule is CCc1ccc(Nc2cc3c(nc4ccc(C)cc4[n+]3-c3ccccc3)c3ccccc23)cc1. The summed E-state index contributed by atoms with van der Waals surface area (Å²) in [6.45, 7) is 4.31. The Hall–Kier alpha value is -4.24. The third-order valence-corrected chi connectivity index (χ3v) is 6.50. The van der Waals surface area contributed by atoms with E-state index in [1.807, 2.05) is 0 Å². The minimum atomic E-state index is 0.989. The molecule has 0 amide bonds. The molecular weight excluding hydrogens is 414 g/mol. The maximum Gasteiger partial charge on any atom is 0.240 e. The molecule has 0 saturated carbocycles. The lowest BCUT2D eigenvalue weighted by Gasteiger charge is -2.13. The van der Waals surface area contributed by atoms with Gasteiger partial charge in [-0.15, -0.1) is 4.57 Å². The van der Waals surface area contributed by atoms with Gasteiger partial charge in [0, 0.05) is 40.7 Å². The first-order valence-electron chi connectivity index (χ1n) is 11.8. The van der Waals surface area contributed by atoms with Gasteiger partial charge in [0.1, 0.15) is 11.0 Å². The molecule has 1 aromatic heterocycles. The molecule has 6 aromatic rings. The maximum atomic E-state index is 5.16. The molecule has 0 aliphatic carbocycles. The summed E-state index contributed by atoms with van der Waals surface area (Å²) in [5.41, 5.74) is 10.0. The molecule has 3 heteroatoms. The van der Waals surface area contributed by atoms with Crippen LogP contribution in [0.3, 0.4) is 0 Å². The maximum absolute atomic E-state index is 5.16. The number of hydrogen-bond donors (Lipinski definition) is 1. The molecule has 1 heterocycles. The van der Waals surface area contributed by atoms with E-state index in [9.17, 15) is 0 Å². The number of para-hydroxylation sites is 1. The first-order valence-corrected chi connectivity index (χ1v) is 11.8. The third-order valence-electron chi connectivity index (χ3n) is 6.50. The molecule has 3 nitrogen and oxygen atoms in total. The highest BCUT2D eigenvalue weighted by atomic mass is 15.0. The fraction of sp³-hybridized carbons (Fsp3) is 0.0968. The predicted molar refractivity (Wildman–Crippen MR) is 142 cm³/mol. The molecule has 5 aromatic carbocycles. The summed E-state index contributed by atoms with van der Waals surface area (Å²) in [5.74, 6) is 0. The molecule has 0 saturated heterocycles. The van der Waals surface area contributed by atoms with Crippen molar-refractivity contribution in [3.05, 3.63) is 114 Å². The lowest BCUT2D eigenvalue weighted by molar-refractivity contribution is -0.538. The topological polar surface area (TPSA) is 28.8 Å². The average molecular weight is 441 g/mol. The Labute approximate surface area is 199 Å². The van der Waals surface area contributed by atoms with Crippen molar-refractivity contribution in [1.82, 2.24) is 4.98 Å². The molecule has 0 unspecified atom stereocenters. The summed E-state index contributed by atoms with van der Waals surface area (Å²) in [7, 11) is 0. The van der Waals surface area contributed by atoms with E-state index < -0.39 is 0 Å². The Balaban J connectivity index is 1.70. The molecular formula is C31H26N3+. The van der Waals surface area contributed by atoms with Gasteiger partial charge in [-0.3, -0.25) is 0 Å². The van der Waals surface area contributed by atoms with Crippen molar-refractivity contribution in [3.63, 3.8) is 0 Å². The van der Waals surface area contributed by atoms with Crippen LogP contribution >= 0.6 is 0 Å². The average Bonchev–Trinajstić information content (AvgIpc) is 2.89. The van der Waals surface area contributed by atoms with Crippen molar-refractivity contribution >= 4 is 44.2 Å². The van der Waals surface area contributed by atoms with Gasteiger partial charge in [-0.25, -0.2) is 4.98 Å². The van der Waals surface area contributed by atoms with Crippen molar-refractivity contribution in [2.24, 2.45) is 0 Å². The number of hydrogen-bond acceptors (Lipinski definition) is 2. The quantitative estimate of drug-likeness (QED) is 0.175. The zero-order chi connectivity index (χ0) is 23.1. The number of aromatic nitrogens is 2. The van der Waals surface area contributed by atoms with E-state index in [1.165, 1.54) is 11.1 Å². The van der Waals surface area contributed by atoms with Crippen LogP contribution in [-0.4, -0.2) is 4.98 Å². The van der Waals surface area contributed by atoms with Crippen molar-refractivity contribution < 1.29 is 4.57 Å². The molecule has 34 heavy (non-hydrogen) atoms. The third kappa shape index (κ3) is 3.46. The van der Waals surface area contributed by atoms with Crippen LogP contribution in [0.25, 0.3) is 38.5 Å². The lowest BCUT2D eigenvalue weighted by atomic mass is 10.0. The highest BCUT2D eigenvalue weighted by molar-refractivity contribution is 6.11. The highest BCUT2D eigenvalue weighted by Crippen LogP contribution is 2.33. The van der Waals surface area contributed by atoms with E-state index in [1.54, 1.807) is 0 Å². The van der Waals surface area contributed by atoms with Gasteiger partial charge in [0.15, 0.2) is 0 Å². The first kappa shape index (κ1) is 20.4. The number of nitrogens with one attached hydrogen (secondary N) is 1. The minimum absolute atomic E-state index is 0.989. The summed E-state index contributed by atoms with van der Waals surface area (Å²) in [6.07, 6.45) is 1.04. The molecule has 0 radical (unpaired) electrons. The Morgan fingerprint density at radius 2 is 1.47 bits per heavy atom. The molecule has 6 rings (SSSR count). The Morgan fingerprint density at radius 1 is 0.735 bits per heavy atom. The first-order chi connectivity index (χ1) is 16.7. The molecule has 0 atom stereocenters. The Bertz CT molecular complexity index is 1650. The molecule has 1 N–H and O–H groups in total. The van der Waals surface area contributed by atoms with Crippen LogP contribution < -0.4 is 9.88 Å². The van der Waals surface area contributed by atoms with Crippen LogP contribution in [0.1, 0.15) is 18.1 Å². The van der Waals surface area contributed by atoms with Gasteiger partial charge >= 0.3 is 0 Å². The van der Waals surface area contributed by atoms with Gasteiger partial charge in [-0.05, 0) is 42.7 Å². The predicted octanol–water partition coefficient (Wildman–Crippen LogP) is 7.43. The molecule has 0 aliphatic rings. The number of anilines is 2. The summed E-state index contributed by atoms with van der Waals surface area (Å²) in [6, 6.07) is 36.5. The number of nitrogens with zero attached hydrogens (tertiary/aromatic N) is 2. The number of fused-ring (bicyclic) bond motifs is 4. The van der Waals surface area contributed by atoms with E-state index in [-0.39, 0.29) is 0 Å². The van der Waals surface area contributed by atoms with E-state index >= 15 is 0 Å². The fourth-order valence-electron chi connectivity index (χ4n) is 4.73. The van der Waals surface area contributed by atoms with E-state index in [0.29, 0.717) is 0 Å². The number of aryl methyl sites for hydroxylation is 2. The van der Waals surface area contributed by atoms with Crippen LogP contribution in [-0.2, 0) is 6.42 Å². The second-order valence-electron chi connectivity index (χ2n) is 8.79. The summed E-state index contributed by atoms with van der Waals surface area (Å²) in [5, 5.41) is 5.99. The summed E-state index contributed by atoms with van der Waals surface area (Å²) < 4.78 is 2.34. The molecule has 0 aliphatic heterocycles. The van der Waals surface area contributed by atoms with Gasteiger partial charge in [0.25, 0.3) is 0 Å². The molecule has 0 spiro atoms. The van der Waals surface area contributed by atoms with Gasteiger partial charge in [0.2, 0.25) is 16.7 Å². The highest BCUT2D eigenvalue weighted by Gasteiger charge is 2.22. The van der Waals surface area contributed by atoms with Gasteiger partial charge in [0.05, 0.1) is 5.69 Å². The monoisotopic (exact) mass is 440 g/mol. The summed E-state index contributed by atoms with van der Waals surface area (Å²) >= 11 is 0. The lowest BCUT2D eigenvalue weighted by Crippen LogP contribution is -2.33. The normalized spacial score (nSPS) is 11.4. The molecule has 164 valence electrons. The second-order valence-corrected chi connectivity index (χ2v) is 8.79. The van der Waals surface area contributed by atoms with E-state index in [4.69, 9.17) is 4.98 Å². The van der Waals surface area contributed by atoms with Crippen molar-refractivity contribution in [3.8, 4) is 5.69 Å². The van der Waals surface area contributed by atoms with Crippen LogP contribution in [0.15, 0.2) is 103 Å². The van der Waals surface area contributed by atoms with E-state index in [2.05, 4.69) is 127 Å². The minimum Gasteiger partial charge on any atom is -0.355 e. The molecule has 0 fully saturated rings.